The second-order valence-corrected chi connectivity index (χ2v) is 8.79. The van der Waals surface area contributed by atoms with E-state index < -0.39 is 30.5 Å². The van der Waals surface area contributed by atoms with E-state index in [4.69, 9.17) is 4.98 Å². The van der Waals surface area contributed by atoms with Gasteiger partial charge < -0.3 is 15.3 Å². The first-order chi connectivity index (χ1) is 15.5. The van der Waals surface area contributed by atoms with Crippen LogP contribution in [0.15, 0.2) is 41.3 Å². The molecule has 0 radical (unpaired) electrons. The minimum atomic E-state index is -2.84. The first-order valence-corrected chi connectivity index (χ1v) is 10.8. The first kappa shape index (κ1) is 22.7. The summed E-state index contributed by atoms with van der Waals surface area (Å²) in [6.07, 6.45) is 1.38. The van der Waals surface area contributed by atoms with Gasteiger partial charge in [0.2, 0.25) is 0 Å². The van der Waals surface area contributed by atoms with Crippen molar-refractivity contribution in [3.63, 3.8) is 0 Å². The number of carboxylic acids is 1. The number of para-hydroxylation sites is 1. The molecule has 1 fully saturated rings. The molecule has 3 heterocycles. The average molecular weight is 456 g/mol. The molecule has 1 saturated heterocycles. The number of anilines is 2. The van der Waals surface area contributed by atoms with Crippen LogP contribution in [-0.4, -0.2) is 39.0 Å². The van der Waals surface area contributed by atoms with Crippen molar-refractivity contribution in [2.24, 2.45) is 0 Å². The summed E-state index contributed by atoms with van der Waals surface area (Å²) < 4.78 is 29.6. The first-order valence-electron chi connectivity index (χ1n) is 10.8. The fourth-order valence-electron chi connectivity index (χ4n) is 4.49. The van der Waals surface area contributed by atoms with E-state index in [-0.39, 0.29) is 23.4 Å². The molecule has 1 aliphatic rings. The lowest BCUT2D eigenvalue weighted by Crippen LogP contribution is -2.33. The Hall–Kier alpha value is -3.49. The highest BCUT2D eigenvalue weighted by Crippen LogP contribution is 2.36. The molecule has 2 aromatic heterocycles. The van der Waals surface area contributed by atoms with Crippen LogP contribution < -0.4 is 15.8 Å². The third kappa shape index (κ3) is 4.15. The lowest BCUT2D eigenvalue weighted by molar-refractivity contribution is 0.0229. The van der Waals surface area contributed by atoms with E-state index in [0.29, 0.717) is 22.5 Å². The van der Waals surface area contributed by atoms with Gasteiger partial charge in [-0.3, -0.25) is 9.20 Å². The van der Waals surface area contributed by atoms with Crippen molar-refractivity contribution in [2.45, 2.75) is 52.1 Å². The van der Waals surface area contributed by atoms with E-state index in [9.17, 15) is 23.5 Å². The topological polar surface area (TPSA) is 86.9 Å². The van der Waals surface area contributed by atoms with E-state index in [1.54, 1.807) is 38.2 Å². The number of pyridine rings is 1. The highest BCUT2D eigenvalue weighted by Gasteiger charge is 2.44. The number of aromatic carboxylic acids is 1. The van der Waals surface area contributed by atoms with Crippen molar-refractivity contribution in [2.75, 3.05) is 16.8 Å². The second-order valence-electron chi connectivity index (χ2n) is 8.79. The molecule has 174 valence electrons. The quantitative estimate of drug-likeness (QED) is 0.591. The number of carbonyl (C=O) groups is 1. The largest absolute Gasteiger partial charge is 0.478 e. The van der Waals surface area contributed by atoms with Gasteiger partial charge in [0.05, 0.1) is 23.7 Å². The molecule has 4 rings (SSSR count). The zero-order valence-electron chi connectivity index (χ0n) is 18.9. The number of aryl methyl sites for hydroxylation is 1. The molecule has 0 amide bonds. The smallest absolute Gasteiger partial charge is 0.337 e. The third-order valence-electron chi connectivity index (χ3n) is 6.08. The molecule has 1 aliphatic heterocycles. The van der Waals surface area contributed by atoms with Crippen molar-refractivity contribution in [3.05, 3.63) is 69.1 Å². The van der Waals surface area contributed by atoms with Crippen LogP contribution in [0, 0.1) is 13.8 Å². The zero-order chi connectivity index (χ0) is 24.1. The SMILES string of the molecule is Cc1cc([C@@H](C)Nc2ccccc2C(=O)O)c2nc(N3CC(F)(F)C[C@H]3C)c(C)c(=O)n2c1. The van der Waals surface area contributed by atoms with Crippen LogP contribution in [-0.2, 0) is 0 Å². The van der Waals surface area contributed by atoms with Gasteiger partial charge in [0.25, 0.3) is 11.5 Å². The van der Waals surface area contributed by atoms with Gasteiger partial charge in [-0.25, -0.2) is 18.6 Å². The number of hydrogen-bond donors (Lipinski definition) is 2. The summed E-state index contributed by atoms with van der Waals surface area (Å²) in [6, 6.07) is 7.54. The van der Waals surface area contributed by atoms with Crippen LogP contribution in [0.1, 0.15) is 53.4 Å². The third-order valence-corrected chi connectivity index (χ3v) is 6.08. The number of aromatic nitrogens is 2. The molecule has 0 bridgehead atoms. The maximum Gasteiger partial charge on any atom is 0.337 e. The summed E-state index contributed by atoms with van der Waals surface area (Å²) in [7, 11) is 0. The van der Waals surface area contributed by atoms with E-state index >= 15 is 0 Å². The molecule has 2 atom stereocenters. The van der Waals surface area contributed by atoms with Crippen molar-refractivity contribution >= 4 is 23.1 Å². The average Bonchev–Trinajstić information content (AvgIpc) is 3.02. The highest BCUT2D eigenvalue weighted by atomic mass is 19.3. The molecule has 9 heteroatoms. The monoisotopic (exact) mass is 456 g/mol. The molecule has 0 aliphatic carbocycles. The van der Waals surface area contributed by atoms with E-state index in [2.05, 4.69) is 5.32 Å². The number of nitrogens with one attached hydrogen (secondary N) is 1. The van der Waals surface area contributed by atoms with Gasteiger partial charge in [0.1, 0.15) is 11.5 Å². The molecule has 3 aromatic rings. The van der Waals surface area contributed by atoms with Crippen molar-refractivity contribution < 1.29 is 18.7 Å². The van der Waals surface area contributed by atoms with Crippen molar-refractivity contribution in [3.8, 4) is 0 Å². The summed E-state index contributed by atoms with van der Waals surface area (Å²) in [5.41, 5.74) is 2.37. The Morgan fingerprint density at radius 1 is 1.30 bits per heavy atom. The summed E-state index contributed by atoms with van der Waals surface area (Å²) in [6.45, 7) is 6.50. The van der Waals surface area contributed by atoms with Gasteiger partial charge in [-0.2, -0.15) is 0 Å². The maximum atomic E-state index is 14.1. The Labute approximate surface area is 189 Å². The van der Waals surface area contributed by atoms with Crippen LogP contribution in [0.2, 0.25) is 0 Å². The van der Waals surface area contributed by atoms with Crippen molar-refractivity contribution in [1.29, 1.82) is 0 Å². The Bertz CT molecular complexity index is 1300. The molecule has 1 aromatic carbocycles. The Morgan fingerprint density at radius 3 is 2.64 bits per heavy atom. The number of rotatable bonds is 5. The predicted octanol–water partition coefficient (Wildman–Crippen LogP) is 4.42. The molecule has 2 N–H and O–H groups in total. The van der Waals surface area contributed by atoms with Gasteiger partial charge in [0, 0.05) is 29.9 Å². The Kier molecular flexibility index (Phi) is 5.59. The molecule has 0 saturated carbocycles. The van der Waals surface area contributed by atoms with Crippen LogP contribution in [0.3, 0.4) is 0 Å². The fourth-order valence-corrected chi connectivity index (χ4v) is 4.49. The summed E-state index contributed by atoms with van der Waals surface area (Å²) in [4.78, 5) is 31.0. The molecule has 0 unspecified atom stereocenters. The summed E-state index contributed by atoms with van der Waals surface area (Å²) in [5, 5.41) is 12.7. The number of fused-ring (bicyclic) bond motifs is 1. The van der Waals surface area contributed by atoms with Crippen LogP contribution >= 0.6 is 0 Å². The molecular formula is C24H26F2N4O3. The van der Waals surface area contributed by atoms with E-state index in [0.717, 1.165) is 5.56 Å². The van der Waals surface area contributed by atoms with Crippen LogP contribution in [0.4, 0.5) is 20.3 Å². The standard InChI is InChI=1S/C24H26F2N4O3/c1-13-9-18(16(4)27-19-8-6-5-7-17(19)23(32)33)21-28-20(15(3)22(31)29(21)11-13)30-12-24(25,26)10-14(30)2/h5-9,11,14,16,27H,10,12H2,1-4H3,(H,32,33)/t14-,16-/m1/s1. The lowest BCUT2D eigenvalue weighted by Gasteiger charge is -2.25. The summed E-state index contributed by atoms with van der Waals surface area (Å²) in [5.74, 6) is -3.65. The highest BCUT2D eigenvalue weighted by molar-refractivity contribution is 5.94. The predicted molar refractivity (Wildman–Crippen MR) is 123 cm³/mol. The number of benzene rings is 1. The molecule has 0 spiro atoms. The number of hydrogen-bond acceptors (Lipinski definition) is 5. The number of alkyl halides is 2. The minimum absolute atomic E-state index is 0.121. The second kappa shape index (κ2) is 8.13. The van der Waals surface area contributed by atoms with Crippen LogP contribution in [0.5, 0.6) is 0 Å². The minimum Gasteiger partial charge on any atom is -0.478 e. The molecule has 7 nitrogen and oxygen atoms in total. The van der Waals surface area contributed by atoms with E-state index in [1.807, 2.05) is 19.9 Å². The van der Waals surface area contributed by atoms with Gasteiger partial charge in [-0.15, -0.1) is 0 Å². The van der Waals surface area contributed by atoms with Gasteiger partial charge in [-0.05, 0) is 51.5 Å². The van der Waals surface area contributed by atoms with Gasteiger partial charge in [-0.1, -0.05) is 12.1 Å². The zero-order valence-corrected chi connectivity index (χ0v) is 18.9. The number of carboxylic acid groups (broad SMARTS) is 1. The Balaban J connectivity index is 1.85. The fraction of sp³-hybridized carbons (Fsp3) is 0.375. The molecule has 33 heavy (non-hydrogen) atoms. The summed E-state index contributed by atoms with van der Waals surface area (Å²) >= 11 is 0. The van der Waals surface area contributed by atoms with E-state index in [1.165, 1.54) is 15.4 Å². The number of nitrogens with zero attached hydrogens (tertiary/aromatic N) is 3. The number of halogens is 2. The Morgan fingerprint density at radius 2 is 2.00 bits per heavy atom. The normalized spacial score (nSPS) is 18.5. The lowest BCUT2D eigenvalue weighted by atomic mass is 10.1. The van der Waals surface area contributed by atoms with Gasteiger partial charge in [0.15, 0.2) is 0 Å². The maximum absolute atomic E-state index is 14.1. The van der Waals surface area contributed by atoms with Crippen molar-refractivity contribution in [1.82, 2.24) is 9.38 Å². The molecular weight excluding hydrogens is 430 g/mol. The van der Waals surface area contributed by atoms with Crippen LogP contribution in [0.25, 0.3) is 5.65 Å². The van der Waals surface area contributed by atoms with Gasteiger partial charge >= 0.3 is 5.97 Å².